The molecule has 0 aliphatic carbocycles. The van der Waals surface area contributed by atoms with E-state index in [0.717, 1.165) is 42.3 Å². The van der Waals surface area contributed by atoms with Gasteiger partial charge in [-0.3, -0.25) is 14.1 Å². The van der Waals surface area contributed by atoms with Gasteiger partial charge in [-0.05, 0) is 33.2 Å². The maximum atomic E-state index is 12.3. The fourth-order valence-electron chi connectivity index (χ4n) is 3.80. The van der Waals surface area contributed by atoms with Gasteiger partial charge < -0.3 is 9.47 Å². The Balaban J connectivity index is 1.51. The highest BCUT2D eigenvalue weighted by Gasteiger charge is 2.41. The molecule has 6 nitrogen and oxygen atoms in total. The summed E-state index contributed by atoms with van der Waals surface area (Å²) in [6.07, 6.45) is 2.23. The van der Waals surface area contributed by atoms with E-state index in [4.69, 9.17) is 9.47 Å². The first-order chi connectivity index (χ1) is 11.5. The van der Waals surface area contributed by atoms with Crippen molar-refractivity contribution in [2.75, 3.05) is 26.3 Å². The second kappa shape index (κ2) is 6.22. The van der Waals surface area contributed by atoms with E-state index in [1.54, 1.807) is 10.5 Å². The lowest BCUT2D eigenvalue weighted by Crippen LogP contribution is -2.46. The molecule has 0 saturated carbocycles. The Kier molecular flexibility index (Phi) is 4.20. The minimum atomic E-state index is -0.458. The molecule has 2 fully saturated rings. The van der Waals surface area contributed by atoms with E-state index < -0.39 is 5.79 Å². The van der Waals surface area contributed by atoms with Crippen LogP contribution in [-0.4, -0.2) is 46.4 Å². The molecular weight excluding hydrogens is 326 g/mol. The molecule has 0 spiro atoms. The maximum Gasteiger partial charge on any atom is 0.259 e. The number of thiazole rings is 1. The summed E-state index contributed by atoms with van der Waals surface area (Å²) >= 11 is 1.52. The minimum Gasteiger partial charge on any atom is -0.347 e. The quantitative estimate of drug-likeness (QED) is 0.849. The van der Waals surface area contributed by atoms with Crippen LogP contribution in [0.15, 0.2) is 16.2 Å². The van der Waals surface area contributed by atoms with Gasteiger partial charge in [0.05, 0.1) is 18.9 Å². The molecule has 0 N–H and O–H groups in total. The molecule has 7 heteroatoms. The van der Waals surface area contributed by atoms with Crippen LogP contribution in [-0.2, 0) is 16.0 Å². The van der Waals surface area contributed by atoms with Crippen LogP contribution in [0, 0.1) is 12.8 Å². The van der Waals surface area contributed by atoms with Crippen LogP contribution in [0.1, 0.15) is 31.2 Å². The molecule has 2 saturated heterocycles. The smallest absolute Gasteiger partial charge is 0.259 e. The predicted octanol–water partition coefficient (Wildman–Crippen LogP) is 2.04. The summed E-state index contributed by atoms with van der Waals surface area (Å²) in [7, 11) is 0. The molecule has 0 bridgehead atoms. The highest BCUT2D eigenvalue weighted by molar-refractivity contribution is 7.15. The zero-order valence-electron chi connectivity index (χ0n) is 14.2. The molecule has 130 valence electrons. The predicted molar refractivity (Wildman–Crippen MR) is 92.4 cm³/mol. The summed E-state index contributed by atoms with van der Waals surface area (Å²) in [6.45, 7) is 8.00. The van der Waals surface area contributed by atoms with Crippen LogP contribution in [0.2, 0.25) is 0 Å². The summed E-state index contributed by atoms with van der Waals surface area (Å²) in [5.41, 5.74) is 1.80. The van der Waals surface area contributed by atoms with Crippen LogP contribution >= 0.6 is 11.3 Å². The van der Waals surface area contributed by atoms with Crippen molar-refractivity contribution in [1.29, 1.82) is 0 Å². The van der Waals surface area contributed by atoms with Gasteiger partial charge in [0, 0.05) is 36.1 Å². The Morgan fingerprint density at radius 2 is 2.21 bits per heavy atom. The van der Waals surface area contributed by atoms with Crippen LogP contribution in [0.5, 0.6) is 0 Å². The lowest BCUT2D eigenvalue weighted by atomic mass is 9.90. The summed E-state index contributed by atoms with van der Waals surface area (Å²) in [4.78, 5) is 20.1. The second-order valence-electron chi connectivity index (χ2n) is 6.87. The van der Waals surface area contributed by atoms with Gasteiger partial charge in [0.15, 0.2) is 10.7 Å². The van der Waals surface area contributed by atoms with E-state index in [1.807, 2.05) is 12.3 Å². The fourth-order valence-corrected chi connectivity index (χ4v) is 4.69. The van der Waals surface area contributed by atoms with Gasteiger partial charge in [-0.2, -0.15) is 0 Å². The van der Waals surface area contributed by atoms with E-state index in [0.29, 0.717) is 25.7 Å². The molecule has 2 aliphatic rings. The van der Waals surface area contributed by atoms with Gasteiger partial charge in [0.25, 0.3) is 5.56 Å². The topological polar surface area (TPSA) is 56.1 Å². The molecule has 1 unspecified atom stereocenters. The molecule has 0 aromatic carbocycles. The first-order valence-corrected chi connectivity index (χ1v) is 9.40. The summed E-state index contributed by atoms with van der Waals surface area (Å²) in [5, 5.41) is 1.97. The molecule has 4 rings (SSSR count). The zero-order valence-corrected chi connectivity index (χ0v) is 15.0. The molecule has 2 aromatic rings. The highest BCUT2D eigenvalue weighted by atomic mass is 32.1. The normalized spacial score (nSPS) is 24.7. The largest absolute Gasteiger partial charge is 0.347 e. The van der Waals surface area contributed by atoms with Crippen molar-refractivity contribution in [3.8, 4) is 0 Å². The Morgan fingerprint density at radius 1 is 1.42 bits per heavy atom. The molecule has 4 heterocycles. The first-order valence-electron chi connectivity index (χ1n) is 8.52. The number of aryl methyl sites for hydroxylation is 1. The van der Waals surface area contributed by atoms with Gasteiger partial charge in [-0.25, -0.2) is 4.98 Å². The molecule has 2 aliphatic heterocycles. The Labute approximate surface area is 145 Å². The number of piperidine rings is 1. The number of hydrogen-bond acceptors (Lipinski definition) is 6. The summed E-state index contributed by atoms with van der Waals surface area (Å²) < 4.78 is 13.4. The number of ether oxygens (including phenoxy) is 2. The third-order valence-electron chi connectivity index (χ3n) is 5.12. The van der Waals surface area contributed by atoms with Crippen LogP contribution in [0.4, 0.5) is 0 Å². The van der Waals surface area contributed by atoms with Crippen molar-refractivity contribution < 1.29 is 9.47 Å². The highest BCUT2D eigenvalue weighted by Crippen LogP contribution is 2.34. The second-order valence-corrected chi connectivity index (χ2v) is 7.70. The maximum absolute atomic E-state index is 12.3. The third-order valence-corrected chi connectivity index (χ3v) is 6.07. The van der Waals surface area contributed by atoms with Crippen LogP contribution in [0.25, 0.3) is 4.96 Å². The fraction of sp³-hybridized carbons (Fsp3) is 0.647. The van der Waals surface area contributed by atoms with Gasteiger partial charge in [0.2, 0.25) is 0 Å². The third kappa shape index (κ3) is 2.90. The number of aromatic nitrogens is 2. The Hall–Kier alpha value is -1.28. The average Bonchev–Trinajstić information content (AvgIpc) is 3.15. The van der Waals surface area contributed by atoms with Gasteiger partial charge in [-0.15, -0.1) is 11.3 Å². The molecule has 1 atom stereocenters. The lowest BCUT2D eigenvalue weighted by molar-refractivity contribution is -0.192. The molecule has 0 radical (unpaired) electrons. The van der Waals surface area contributed by atoms with Crippen LogP contribution < -0.4 is 5.56 Å². The SMILES string of the molecule is Cc1csc2nc(CN3CCCC(C4(C)OCCO4)C3)cc(=O)n12. The van der Waals surface area contributed by atoms with E-state index in [1.165, 1.54) is 11.3 Å². The van der Waals surface area contributed by atoms with Crippen molar-refractivity contribution in [2.45, 2.75) is 39.0 Å². The lowest BCUT2D eigenvalue weighted by Gasteiger charge is -2.39. The van der Waals surface area contributed by atoms with Crippen molar-refractivity contribution in [1.82, 2.24) is 14.3 Å². The number of nitrogens with zero attached hydrogens (tertiary/aromatic N) is 3. The number of fused-ring (bicyclic) bond motifs is 1. The van der Waals surface area contributed by atoms with Crippen molar-refractivity contribution in [2.24, 2.45) is 5.92 Å². The molecule has 2 aromatic heterocycles. The number of hydrogen-bond donors (Lipinski definition) is 0. The van der Waals surface area contributed by atoms with E-state index in [9.17, 15) is 4.79 Å². The molecule has 0 amide bonds. The van der Waals surface area contributed by atoms with Crippen molar-refractivity contribution in [3.63, 3.8) is 0 Å². The Morgan fingerprint density at radius 3 is 3.00 bits per heavy atom. The van der Waals surface area contributed by atoms with E-state index in [-0.39, 0.29) is 5.56 Å². The first kappa shape index (κ1) is 16.2. The summed E-state index contributed by atoms with van der Waals surface area (Å²) in [5.74, 6) is -0.0944. The van der Waals surface area contributed by atoms with Gasteiger partial charge in [-0.1, -0.05) is 0 Å². The van der Waals surface area contributed by atoms with Gasteiger partial charge >= 0.3 is 0 Å². The van der Waals surface area contributed by atoms with Gasteiger partial charge in [0.1, 0.15) is 0 Å². The van der Waals surface area contributed by atoms with E-state index >= 15 is 0 Å². The van der Waals surface area contributed by atoms with E-state index in [2.05, 4.69) is 16.8 Å². The zero-order chi connectivity index (χ0) is 16.7. The van der Waals surface area contributed by atoms with Crippen molar-refractivity contribution in [3.05, 3.63) is 33.2 Å². The number of likely N-dealkylation sites (tertiary alicyclic amines) is 1. The number of rotatable bonds is 3. The Bertz CT molecular complexity index is 794. The minimum absolute atomic E-state index is 0.0109. The standard InChI is InChI=1S/C17H23N3O3S/c1-12-11-24-16-18-14(8-15(21)20(12)16)10-19-5-3-4-13(9-19)17(2)22-6-7-23-17/h8,11,13H,3-7,9-10H2,1-2H3. The van der Waals surface area contributed by atoms with Crippen molar-refractivity contribution >= 4 is 16.3 Å². The monoisotopic (exact) mass is 349 g/mol. The average molecular weight is 349 g/mol. The molecular formula is C17H23N3O3S. The molecule has 24 heavy (non-hydrogen) atoms. The van der Waals surface area contributed by atoms with Crippen LogP contribution in [0.3, 0.4) is 0 Å². The summed E-state index contributed by atoms with van der Waals surface area (Å²) in [6, 6.07) is 1.67.